The van der Waals surface area contributed by atoms with E-state index in [1.165, 1.54) is 0 Å². The molecule has 6 heteroatoms. The summed E-state index contributed by atoms with van der Waals surface area (Å²) >= 11 is 0. The van der Waals surface area contributed by atoms with E-state index in [-0.39, 0.29) is 5.91 Å². The smallest absolute Gasteiger partial charge is 0.251 e. The fraction of sp³-hybridized carbons (Fsp3) is 0.409. The Bertz CT molecular complexity index is 773. The molecule has 1 N–H and O–H groups in total. The number of methoxy groups -OCH3 is 2. The molecule has 0 saturated carbocycles. The first-order chi connectivity index (χ1) is 13.7. The van der Waals surface area contributed by atoms with Crippen LogP contribution < -0.4 is 15.0 Å². The number of piperazine rings is 1. The highest BCUT2D eigenvalue weighted by atomic mass is 16.5. The van der Waals surface area contributed by atoms with E-state index < -0.39 is 0 Å². The van der Waals surface area contributed by atoms with Gasteiger partial charge in [0.15, 0.2) is 0 Å². The largest absolute Gasteiger partial charge is 0.495 e. The summed E-state index contributed by atoms with van der Waals surface area (Å²) in [5.74, 6) is 0.864. The molecule has 0 aromatic heterocycles. The van der Waals surface area contributed by atoms with Crippen molar-refractivity contribution in [3.05, 3.63) is 59.7 Å². The molecule has 0 atom stereocenters. The standard InChI is InChI=1S/C22H29N3O3/c1-27-15-10-23-22(26)19-7-5-6-18(16-19)17-24-11-13-25(14-12-24)20-8-3-4-9-21(20)28-2/h3-9,16H,10-15,17H2,1-2H3,(H,23,26). The lowest BCUT2D eigenvalue weighted by molar-refractivity contribution is 0.0937. The fourth-order valence-electron chi connectivity index (χ4n) is 3.48. The maximum absolute atomic E-state index is 12.2. The Hall–Kier alpha value is -2.57. The number of nitrogens with one attached hydrogen (secondary N) is 1. The maximum Gasteiger partial charge on any atom is 0.251 e. The minimum absolute atomic E-state index is 0.0557. The number of hydrogen-bond acceptors (Lipinski definition) is 5. The lowest BCUT2D eigenvalue weighted by atomic mass is 10.1. The first kappa shape index (κ1) is 20.2. The van der Waals surface area contributed by atoms with E-state index in [0.717, 1.165) is 49.7 Å². The fourth-order valence-corrected chi connectivity index (χ4v) is 3.48. The third-order valence-corrected chi connectivity index (χ3v) is 4.99. The molecular formula is C22H29N3O3. The van der Waals surface area contributed by atoms with E-state index in [0.29, 0.717) is 18.7 Å². The zero-order valence-electron chi connectivity index (χ0n) is 16.7. The summed E-state index contributed by atoms with van der Waals surface area (Å²) in [6.07, 6.45) is 0. The number of ether oxygens (including phenoxy) is 2. The molecule has 0 aliphatic carbocycles. The lowest BCUT2D eigenvalue weighted by Gasteiger charge is -2.36. The minimum Gasteiger partial charge on any atom is -0.495 e. The number of benzene rings is 2. The maximum atomic E-state index is 12.2. The molecule has 0 spiro atoms. The van der Waals surface area contributed by atoms with Crippen molar-refractivity contribution in [3.8, 4) is 5.75 Å². The number of nitrogens with zero attached hydrogens (tertiary/aromatic N) is 2. The predicted molar refractivity (Wildman–Crippen MR) is 111 cm³/mol. The van der Waals surface area contributed by atoms with Crippen LogP contribution in [0.25, 0.3) is 0 Å². The second-order valence-electron chi connectivity index (χ2n) is 6.88. The van der Waals surface area contributed by atoms with Crippen LogP contribution >= 0.6 is 0 Å². The van der Waals surface area contributed by atoms with Crippen LogP contribution in [0, 0.1) is 0 Å². The number of anilines is 1. The third kappa shape index (κ3) is 5.24. The highest BCUT2D eigenvalue weighted by Gasteiger charge is 2.19. The second kappa shape index (κ2) is 10.1. The first-order valence-electron chi connectivity index (χ1n) is 9.67. The summed E-state index contributed by atoms with van der Waals surface area (Å²) in [5.41, 5.74) is 3.01. The van der Waals surface area contributed by atoms with Gasteiger partial charge in [-0.2, -0.15) is 0 Å². The van der Waals surface area contributed by atoms with E-state index in [2.05, 4.69) is 27.2 Å². The van der Waals surface area contributed by atoms with Crippen LogP contribution in [0.1, 0.15) is 15.9 Å². The van der Waals surface area contributed by atoms with Crippen molar-refractivity contribution in [2.24, 2.45) is 0 Å². The highest BCUT2D eigenvalue weighted by Crippen LogP contribution is 2.28. The van der Waals surface area contributed by atoms with Crippen molar-refractivity contribution in [1.82, 2.24) is 10.2 Å². The van der Waals surface area contributed by atoms with Crippen molar-refractivity contribution in [1.29, 1.82) is 0 Å². The summed E-state index contributed by atoms with van der Waals surface area (Å²) < 4.78 is 10.5. The van der Waals surface area contributed by atoms with E-state index >= 15 is 0 Å². The Balaban J connectivity index is 1.55. The molecule has 1 heterocycles. The van der Waals surface area contributed by atoms with Gasteiger partial charge in [-0.1, -0.05) is 24.3 Å². The summed E-state index contributed by atoms with van der Waals surface area (Å²) in [7, 11) is 3.34. The number of carbonyl (C=O) groups is 1. The SMILES string of the molecule is COCCNC(=O)c1cccc(CN2CCN(c3ccccc3OC)CC2)c1. The normalized spacial score (nSPS) is 14.7. The monoisotopic (exact) mass is 383 g/mol. The molecule has 3 rings (SSSR count). The summed E-state index contributed by atoms with van der Waals surface area (Å²) in [6.45, 7) is 5.74. The molecule has 150 valence electrons. The Kier molecular flexibility index (Phi) is 7.28. The average Bonchev–Trinajstić information content (AvgIpc) is 2.74. The van der Waals surface area contributed by atoms with Gasteiger partial charge in [0.1, 0.15) is 5.75 Å². The molecule has 0 unspecified atom stereocenters. The molecule has 0 bridgehead atoms. The van der Waals surface area contributed by atoms with E-state index in [1.807, 2.05) is 36.4 Å². The van der Waals surface area contributed by atoms with Crippen LogP contribution in [-0.2, 0) is 11.3 Å². The molecule has 2 aromatic rings. The molecule has 0 radical (unpaired) electrons. The van der Waals surface area contributed by atoms with Crippen LogP contribution in [0.15, 0.2) is 48.5 Å². The molecule has 1 aliphatic heterocycles. The molecule has 1 amide bonds. The van der Waals surface area contributed by atoms with Gasteiger partial charge < -0.3 is 19.7 Å². The molecule has 28 heavy (non-hydrogen) atoms. The van der Waals surface area contributed by atoms with Gasteiger partial charge in [0, 0.05) is 51.9 Å². The Morgan fingerprint density at radius 3 is 2.57 bits per heavy atom. The van der Waals surface area contributed by atoms with Crippen molar-refractivity contribution in [3.63, 3.8) is 0 Å². The van der Waals surface area contributed by atoms with E-state index in [4.69, 9.17) is 9.47 Å². The van der Waals surface area contributed by atoms with Gasteiger partial charge in [-0.15, -0.1) is 0 Å². The van der Waals surface area contributed by atoms with E-state index in [1.54, 1.807) is 14.2 Å². The van der Waals surface area contributed by atoms with Crippen LogP contribution in [0.4, 0.5) is 5.69 Å². The Morgan fingerprint density at radius 1 is 1.04 bits per heavy atom. The quantitative estimate of drug-likeness (QED) is 0.710. The van der Waals surface area contributed by atoms with Gasteiger partial charge in [-0.25, -0.2) is 0 Å². The van der Waals surface area contributed by atoms with Gasteiger partial charge in [-0.3, -0.25) is 9.69 Å². The third-order valence-electron chi connectivity index (χ3n) is 4.99. The van der Waals surface area contributed by atoms with Crippen molar-refractivity contribution >= 4 is 11.6 Å². The predicted octanol–water partition coefficient (Wildman–Crippen LogP) is 2.39. The zero-order valence-corrected chi connectivity index (χ0v) is 16.7. The second-order valence-corrected chi connectivity index (χ2v) is 6.88. The zero-order chi connectivity index (χ0) is 19.8. The molecule has 1 aliphatic rings. The van der Waals surface area contributed by atoms with Crippen molar-refractivity contribution in [2.75, 3.05) is 58.5 Å². The minimum atomic E-state index is -0.0557. The summed E-state index contributed by atoms with van der Waals surface area (Å²) in [4.78, 5) is 17.0. The number of rotatable bonds is 8. The van der Waals surface area contributed by atoms with Gasteiger partial charge in [0.2, 0.25) is 0 Å². The van der Waals surface area contributed by atoms with Crippen molar-refractivity contribution < 1.29 is 14.3 Å². The molecule has 6 nitrogen and oxygen atoms in total. The summed E-state index contributed by atoms with van der Waals surface area (Å²) in [5, 5.41) is 2.87. The van der Waals surface area contributed by atoms with Crippen LogP contribution in [0.2, 0.25) is 0 Å². The van der Waals surface area contributed by atoms with Crippen LogP contribution in [0.3, 0.4) is 0 Å². The molecule has 2 aromatic carbocycles. The molecule has 1 saturated heterocycles. The number of carbonyl (C=O) groups excluding carboxylic acids is 1. The highest BCUT2D eigenvalue weighted by molar-refractivity contribution is 5.94. The number of hydrogen-bond donors (Lipinski definition) is 1. The first-order valence-corrected chi connectivity index (χ1v) is 9.67. The molecular weight excluding hydrogens is 354 g/mol. The number of amides is 1. The van der Waals surface area contributed by atoms with Crippen LogP contribution in [0.5, 0.6) is 5.75 Å². The van der Waals surface area contributed by atoms with Crippen molar-refractivity contribution in [2.45, 2.75) is 6.54 Å². The molecule has 1 fully saturated rings. The Labute approximate surface area is 167 Å². The Morgan fingerprint density at radius 2 is 1.82 bits per heavy atom. The van der Waals surface area contributed by atoms with E-state index in [9.17, 15) is 4.79 Å². The van der Waals surface area contributed by atoms with Gasteiger partial charge >= 0.3 is 0 Å². The average molecular weight is 383 g/mol. The topological polar surface area (TPSA) is 54.0 Å². The number of para-hydroxylation sites is 2. The van der Waals surface area contributed by atoms with Gasteiger partial charge in [0.05, 0.1) is 19.4 Å². The summed E-state index contributed by atoms with van der Waals surface area (Å²) in [6, 6.07) is 16.0. The van der Waals surface area contributed by atoms with Gasteiger partial charge in [0.25, 0.3) is 5.91 Å². The van der Waals surface area contributed by atoms with Crippen LogP contribution in [-0.4, -0.2) is 64.4 Å². The van der Waals surface area contributed by atoms with Gasteiger partial charge in [-0.05, 0) is 29.8 Å². The lowest BCUT2D eigenvalue weighted by Crippen LogP contribution is -2.46.